The monoisotopic (exact) mass is 506 g/mol. The van der Waals surface area contributed by atoms with Crippen molar-refractivity contribution >= 4 is 34.1 Å². The van der Waals surface area contributed by atoms with Crippen LogP contribution in [0.4, 0.5) is 5.13 Å². The molecule has 1 atom stereocenters. The second-order valence-electron chi connectivity index (χ2n) is 9.78. The number of nitrogens with one attached hydrogen (secondary N) is 1. The molecule has 2 heterocycles. The molecule has 6 nitrogen and oxygen atoms in total. The molecular weight excluding hydrogens is 476 g/mol. The van der Waals surface area contributed by atoms with Crippen LogP contribution in [0, 0.1) is 22.7 Å². The number of pyridine rings is 1. The number of thiazole rings is 1. The van der Waals surface area contributed by atoms with Gasteiger partial charge < -0.3 is 10.1 Å². The van der Waals surface area contributed by atoms with Crippen LogP contribution in [0.3, 0.4) is 0 Å². The van der Waals surface area contributed by atoms with Crippen molar-refractivity contribution in [2.75, 3.05) is 18.2 Å². The quantitative estimate of drug-likeness (QED) is 0.375. The number of carbonyl (C=O) groups is 1. The SMILES string of the molecule is COc1cccc(-c2csc(NC(=O)CCSc3nc4c(cc3C#N)CC(C(C)(C)C)CC4)n2)c1. The van der Waals surface area contributed by atoms with Gasteiger partial charge in [0.15, 0.2) is 5.13 Å². The number of nitrogens with zero attached hydrogens (tertiary/aromatic N) is 3. The summed E-state index contributed by atoms with van der Waals surface area (Å²) >= 11 is 2.86. The Labute approximate surface area is 215 Å². The highest BCUT2D eigenvalue weighted by molar-refractivity contribution is 7.99. The highest BCUT2D eigenvalue weighted by atomic mass is 32.2. The molecule has 1 aliphatic rings. The zero-order valence-electron chi connectivity index (χ0n) is 20.6. The van der Waals surface area contributed by atoms with Crippen molar-refractivity contribution in [3.8, 4) is 23.1 Å². The molecular formula is C27H30N4O2S2. The minimum atomic E-state index is -0.103. The molecule has 1 amide bonds. The first-order valence-corrected chi connectivity index (χ1v) is 13.6. The van der Waals surface area contributed by atoms with Gasteiger partial charge in [0.2, 0.25) is 5.91 Å². The van der Waals surface area contributed by atoms with Crippen molar-refractivity contribution in [3.63, 3.8) is 0 Å². The molecule has 0 spiro atoms. The minimum absolute atomic E-state index is 0.103. The van der Waals surface area contributed by atoms with Crippen LogP contribution < -0.4 is 10.1 Å². The normalized spacial score (nSPS) is 15.2. The number of aryl methyl sites for hydroxylation is 1. The average molecular weight is 507 g/mol. The first-order valence-electron chi connectivity index (χ1n) is 11.7. The second-order valence-corrected chi connectivity index (χ2v) is 11.7. The predicted molar refractivity (Wildman–Crippen MR) is 142 cm³/mol. The Bertz CT molecular complexity index is 1260. The Morgan fingerprint density at radius 3 is 2.89 bits per heavy atom. The zero-order chi connectivity index (χ0) is 25.0. The van der Waals surface area contributed by atoms with Crippen molar-refractivity contribution in [2.45, 2.75) is 51.5 Å². The predicted octanol–water partition coefficient (Wildman–Crippen LogP) is 6.36. The minimum Gasteiger partial charge on any atom is -0.497 e. The van der Waals surface area contributed by atoms with E-state index in [0.717, 1.165) is 47.0 Å². The van der Waals surface area contributed by atoms with E-state index < -0.39 is 0 Å². The molecule has 4 rings (SSSR count). The molecule has 1 unspecified atom stereocenters. The van der Waals surface area contributed by atoms with Crippen molar-refractivity contribution in [1.29, 1.82) is 5.26 Å². The Kier molecular flexibility index (Phi) is 7.78. The molecule has 2 aromatic heterocycles. The Morgan fingerprint density at radius 2 is 2.14 bits per heavy atom. The number of benzene rings is 1. The van der Waals surface area contributed by atoms with Crippen LogP contribution in [0.2, 0.25) is 0 Å². The summed E-state index contributed by atoms with van der Waals surface area (Å²) in [7, 11) is 1.63. The number of thioether (sulfide) groups is 1. The smallest absolute Gasteiger partial charge is 0.226 e. The molecule has 35 heavy (non-hydrogen) atoms. The topological polar surface area (TPSA) is 87.9 Å². The number of carbonyl (C=O) groups excluding carboxylic acids is 1. The van der Waals surface area contributed by atoms with E-state index in [9.17, 15) is 10.1 Å². The second kappa shape index (κ2) is 10.8. The van der Waals surface area contributed by atoms with Crippen molar-refractivity contribution in [1.82, 2.24) is 9.97 Å². The van der Waals surface area contributed by atoms with E-state index in [0.29, 0.717) is 28.8 Å². The highest BCUT2D eigenvalue weighted by Crippen LogP contribution is 2.38. The van der Waals surface area contributed by atoms with Gasteiger partial charge in [-0.1, -0.05) is 32.9 Å². The van der Waals surface area contributed by atoms with Gasteiger partial charge in [0, 0.05) is 28.8 Å². The lowest BCUT2D eigenvalue weighted by molar-refractivity contribution is -0.115. The Hall–Kier alpha value is -2.89. The largest absolute Gasteiger partial charge is 0.497 e. The van der Waals surface area contributed by atoms with Gasteiger partial charge in [-0.25, -0.2) is 9.97 Å². The third-order valence-corrected chi connectivity index (χ3v) is 8.13. The Morgan fingerprint density at radius 1 is 1.31 bits per heavy atom. The third kappa shape index (κ3) is 6.22. The molecule has 0 saturated carbocycles. The third-order valence-electron chi connectivity index (χ3n) is 6.38. The fraction of sp³-hybridized carbons (Fsp3) is 0.407. The number of methoxy groups -OCH3 is 1. The molecule has 0 fully saturated rings. The van der Waals surface area contributed by atoms with E-state index >= 15 is 0 Å². The number of hydrogen-bond donors (Lipinski definition) is 1. The fourth-order valence-electron chi connectivity index (χ4n) is 4.24. The van der Waals surface area contributed by atoms with E-state index in [-0.39, 0.29) is 11.3 Å². The molecule has 3 aromatic rings. The maximum Gasteiger partial charge on any atom is 0.226 e. The summed E-state index contributed by atoms with van der Waals surface area (Å²) in [5.41, 5.74) is 4.88. The van der Waals surface area contributed by atoms with Crippen molar-refractivity contribution in [2.24, 2.45) is 11.3 Å². The molecule has 0 aliphatic heterocycles. The van der Waals surface area contributed by atoms with Gasteiger partial charge in [0.1, 0.15) is 16.8 Å². The van der Waals surface area contributed by atoms with Crippen LogP contribution in [0.15, 0.2) is 40.7 Å². The lowest BCUT2D eigenvalue weighted by Gasteiger charge is -2.34. The van der Waals surface area contributed by atoms with E-state index in [1.807, 2.05) is 35.7 Å². The average Bonchev–Trinajstić information content (AvgIpc) is 3.31. The van der Waals surface area contributed by atoms with Crippen LogP contribution in [0.5, 0.6) is 5.75 Å². The number of hydrogen-bond acceptors (Lipinski definition) is 7. The van der Waals surface area contributed by atoms with Crippen molar-refractivity contribution < 1.29 is 9.53 Å². The summed E-state index contributed by atoms with van der Waals surface area (Å²) in [6.07, 6.45) is 3.35. The molecule has 8 heteroatoms. The summed E-state index contributed by atoms with van der Waals surface area (Å²) in [5.74, 6) is 1.81. The van der Waals surface area contributed by atoms with Gasteiger partial charge in [-0.3, -0.25) is 4.79 Å². The van der Waals surface area contributed by atoms with Gasteiger partial charge in [-0.2, -0.15) is 5.26 Å². The first kappa shape index (κ1) is 25.2. The first-order chi connectivity index (χ1) is 16.8. The van der Waals surface area contributed by atoms with Crippen LogP contribution in [-0.2, 0) is 17.6 Å². The molecule has 1 aliphatic carbocycles. The number of anilines is 1. The highest BCUT2D eigenvalue weighted by Gasteiger charge is 2.30. The summed E-state index contributed by atoms with van der Waals surface area (Å²) < 4.78 is 5.27. The zero-order valence-corrected chi connectivity index (χ0v) is 22.2. The van der Waals surface area contributed by atoms with E-state index in [2.05, 4.69) is 37.1 Å². The number of amides is 1. The fourth-order valence-corrected chi connectivity index (χ4v) is 5.89. The molecule has 0 bridgehead atoms. The van der Waals surface area contributed by atoms with Gasteiger partial charge in [-0.15, -0.1) is 23.1 Å². The lowest BCUT2D eigenvalue weighted by Crippen LogP contribution is -2.27. The molecule has 1 N–H and O–H groups in total. The van der Waals surface area contributed by atoms with E-state index in [4.69, 9.17) is 9.72 Å². The van der Waals surface area contributed by atoms with Gasteiger partial charge in [-0.05, 0) is 54.4 Å². The maximum absolute atomic E-state index is 12.5. The van der Waals surface area contributed by atoms with Gasteiger partial charge in [0.05, 0.1) is 18.4 Å². The standard InChI is InChI=1S/C27H30N4O2S2/c1-27(2,3)20-8-9-22-18(13-20)12-19(15-28)25(29-22)34-11-10-24(32)31-26-30-23(16-35-26)17-6-5-7-21(14-17)33-4/h5-7,12,14,16,20H,8-11,13H2,1-4H3,(H,30,31,32). The van der Waals surface area contributed by atoms with Gasteiger partial charge >= 0.3 is 0 Å². The van der Waals surface area contributed by atoms with E-state index in [1.54, 1.807) is 7.11 Å². The Balaban J connectivity index is 1.34. The number of nitriles is 1. The number of aromatic nitrogens is 2. The molecule has 182 valence electrons. The molecule has 1 aromatic carbocycles. The molecule has 0 saturated heterocycles. The maximum atomic E-state index is 12.5. The lowest BCUT2D eigenvalue weighted by atomic mass is 9.71. The van der Waals surface area contributed by atoms with E-state index in [1.165, 1.54) is 28.7 Å². The number of fused-ring (bicyclic) bond motifs is 1. The number of ether oxygens (including phenoxy) is 1. The van der Waals surface area contributed by atoms with Crippen LogP contribution in [0.25, 0.3) is 11.3 Å². The summed E-state index contributed by atoms with van der Waals surface area (Å²) in [5, 5.41) is 15.8. The summed E-state index contributed by atoms with van der Waals surface area (Å²) in [4.78, 5) is 21.9. The molecule has 0 radical (unpaired) electrons. The van der Waals surface area contributed by atoms with Crippen LogP contribution in [-0.4, -0.2) is 28.7 Å². The number of rotatable bonds is 7. The van der Waals surface area contributed by atoms with Crippen molar-refractivity contribution in [3.05, 3.63) is 52.5 Å². The van der Waals surface area contributed by atoms with Crippen LogP contribution in [0.1, 0.15) is 50.4 Å². The summed E-state index contributed by atoms with van der Waals surface area (Å²) in [6, 6.07) is 12.0. The van der Waals surface area contributed by atoms with Crippen LogP contribution >= 0.6 is 23.1 Å². The van der Waals surface area contributed by atoms with Gasteiger partial charge in [0.25, 0.3) is 0 Å². The summed E-state index contributed by atoms with van der Waals surface area (Å²) in [6.45, 7) is 6.84.